The van der Waals surface area contributed by atoms with Crippen LogP contribution in [0.15, 0.2) is 135 Å². The van der Waals surface area contributed by atoms with E-state index in [1.54, 1.807) is 12.2 Å². The minimum Gasteiger partial charge on any atom is -0.457 e. The van der Waals surface area contributed by atoms with Crippen LogP contribution in [0.4, 0.5) is 0 Å². The minimum atomic E-state index is -0.312. The van der Waals surface area contributed by atoms with Gasteiger partial charge in [0, 0.05) is 17.0 Å². The van der Waals surface area contributed by atoms with Crippen LogP contribution >= 0.6 is 0 Å². The van der Waals surface area contributed by atoms with E-state index in [9.17, 15) is 9.59 Å². The Labute approximate surface area is 279 Å². The summed E-state index contributed by atoms with van der Waals surface area (Å²) in [6.45, 7) is 8.16. The van der Waals surface area contributed by atoms with Crippen LogP contribution < -0.4 is 21.3 Å². The molecule has 4 heteroatoms. The highest BCUT2D eigenvalue weighted by Crippen LogP contribution is 2.33. The maximum atomic E-state index is 13.6. The Hall–Kier alpha value is -5.87. The van der Waals surface area contributed by atoms with Crippen LogP contribution in [0, 0.1) is 33.6 Å². The maximum absolute atomic E-state index is 13.6. The summed E-state index contributed by atoms with van der Waals surface area (Å²) in [6.07, 6.45) is 7.34. The van der Waals surface area contributed by atoms with E-state index in [-0.39, 0.29) is 27.2 Å². The monoisotopic (exact) mass is 627 g/mol. The Kier molecular flexibility index (Phi) is 8.16. The van der Waals surface area contributed by atoms with Crippen molar-refractivity contribution in [1.29, 1.82) is 0 Å². The van der Waals surface area contributed by atoms with Gasteiger partial charge >= 0.3 is 11.5 Å². The van der Waals surface area contributed by atoms with Crippen LogP contribution in [0.1, 0.15) is 38.9 Å². The lowest BCUT2D eigenvalue weighted by Crippen LogP contribution is -2.64. The van der Waals surface area contributed by atoms with Gasteiger partial charge in [-0.05, 0) is 75.8 Å². The molecule has 48 heavy (non-hydrogen) atoms. The van der Waals surface area contributed by atoms with Crippen LogP contribution in [0.5, 0.6) is 0 Å². The highest BCUT2D eigenvalue weighted by Gasteiger charge is 2.22. The summed E-state index contributed by atoms with van der Waals surface area (Å²) >= 11 is 0. The third-order valence-electron chi connectivity index (χ3n) is 8.72. The van der Waals surface area contributed by atoms with Gasteiger partial charge in [-0.2, -0.15) is 0 Å². The summed E-state index contributed by atoms with van der Waals surface area (Å²) in [4.78, 5) is 27.1. The average Bonchev–Trinajstić information content (AvgIpc) is 3.10. The molecule has 1 aliphatic heterocycles. The fourth-order valence-corrected chi connectivity index (χ4v) is 5.83. The van der Waals surface area contributed by atoms with Crippen LogP contribution in [-0.4, -0.2) is 0 Å². The van der Waals surface area contributed by atoms with Crippen molar-refractivity contribution in [2.24, 2.45) is 5.92 Å². The molecule has 5 aromatic carbocycles. The number of allylic oxidation sites excluding steroid dienone is 2. The molecule has 0 N–H and O–H groups in total. The predicted octanol–water partition coefficient (Wildman–Crippen LogP) is 8.06. The van der Waals surface area contributed by atoms with Gasteiger partial charge in [0.05, 0.1) is 33.7 Å². The molecule has 0 spiro atoms. The van der Waals surface area contributed by atoms with Gasteiger partial charge < -0.3 is 4.74 Å². The zero-order valence-electron chi connectivity index (χ0n) is 27.4. The first-order valence-corrected chi connectivity index (χ1v) is 16.1. The number of hydrogen-bond acceptors (Lipinski definition) is 3. The molecular formula is C44H35O4+. The fraction of sp³-hybridized carbons (Fsp3) is 0.114. The van der Waals surface area contributed by atoms with Gasteiger partial charge in [-0.25, -0.2) is 4.42 Å². The largest absolute Gasteiger partial charge is 0.457 e. The highest BCUT2D eigenvalue weighted by molar-refractivity contribution is 5.75. The van der Waals surface area contributed by atoms with Gasteiger partial charge in [-0.3, -0.25) is 9.59 Å². The summed E-state index contributed by atoms with van der Waals surface area (Å²) in [7, 11) is 0. The molecule has 0 aliphatic carbocycles. The number of aryl methyl sites for hydroxylation is 4. The Morgan fingerprint density at radius 2 is 0.896 bits per heavy atom. The van der Waals surface area contributed by atoms with Crippen molar-refractivity contribution in [2.75, 3.05) is 0 Å². The molecule has 234 valence electrons. The summed E-state index contributed by atoms with van der Waals surface area (Å²) in [5.74, 6) is 2.36. The van der Waals surface area contributed by atoms with Crippen molar-refractivity contribution >= 4 is 23.7 Å². The Morgan fingerprint density at radius 1 is 0.521 bits per heavy atom. The first-order chi connectivity index (χ1) is 23.2. The fourth-order valence-electron chi connectivity index (χ4n) is 5.83. The normalized spacial score (nSPS) is 13.1. The number of rotatable bonds is 6. The van der Waals surface area contributed by atoms with E-state index in [0.717, 1.165) is 50.1 Å². The number of benzene rings is 4. The Morgan fingerprint density at radius 3 is 1.29 bits per heavy atom. The van der Waals surface area contributed by atoms with E-state index >= 15 is 0 Å². The van der Waals surface area contributed by atoms with Crippen molar-refractivity contribution in [3.05, 3.63) is 191 Å². The summed E-state index contributed by atoms with van der Waals surface area (Å²) < 4.78 is 12.7. The van der Waals surface area contributed by atoms with Crippen molar-refractivity contribution in [3.63, 3.8) is 0 Å². The minimum absolute atomic E-state index is 0.162. The molecule has 7 rings (SSSR count). The first-order valence-electron chi connectivity index (χ1n) is 16.1. The summed E-state index contributed by atoms with van der Waals surface area (Å²) in [6, 6.07) is 36.2. The molecule has 6 aromatic rings. The second-order valence-corrected chi connectivity index (χ2v) is 12.6. The van der Waals surface area contributed by atoms with E-state index < -0.39 is 0 Å². The van der Waals surface area contributed by atoms with Crippen molar-refractivity contribution in [2.45, 2.75) is 27.7 Å². The number of hydrogen-bond donors (Lipinski definition) is 0. The van der Waals surface area contributed by atoms with E-state index in [1.807, 2.05) is 149 Å². The van der Waals surface area contributed by atoms with E-state index in [0.29, 0.717) is 23.0 Å². The summed E-state index contributed by atoms with van der Waals surface area (Å²) in [5, 5.41) is 0.347. The predicted molar refractivity (Wildman–Crippen MR) is 195 cm³/mol. The molecule has 0 radical (unpaired) electrons. The molecule has 0 saturated heterocycles. The van der Waals surface area contributed by atoms with Crippen LogP contribution in [0.25, 0.3) is 46.3 Å². The van der Waals surface area contributed by atoms with Gasteiger partial charge in [0.2, 0.25) is 10.9 Å². The van der Waals surface area contributed by atoms with Crippen molar-refractivity contribution in [3.8, 4) is 22.6 Å². The Balaban J connectivity index is 1.31. The average molecular weight is 628 g/mol. The summed E-state index contributed by atoms with van der Waals surface area (Å²) in [5.41, 5.74) is 8.45. The molecule has 0 unspecified atom stereocenters. The molecule has 0 amide bonds. The van der Waals surface area contributed by atoms with Crippen molar-refractivity contribution < 1.29 is 9.15 Å². The molecule has 0 saturated carbocycles. The highest BCUT2D eigenvalue weighted by atomic mass is 16.5. The van der Waals surface area contributed by atoms with Crippen LogP contribution in [0.2, 0.25) is 0 Å². The second kappa shape index (κ2) is 12.7. The quantitative estimate of drug-likeness (QED) is 0.175. The van der Waals surface area contributed by atoms with Crippen LogP contribution in [-0.2, 0) is 4.74 Å². The molecule has 1 aromatic heterocycles. The molecule has 4 nitrogen and oxygen atoms in total. The second-order valence-electron chi connectivity index (χ2n) is 12.6. The smallest absolute Gasteiger partial charge is 0.361 e. The van der Waals surface area contributed by atoms with Crippen molar-refractivity contribution in [1.82, 2.24) is 0 Å². The molecule has 0 atom stereocenters. The lowest BCUT2D eigenvalue weighted by molar-refractivity contribution is 0.458. The lowest BCUT2D eigenvalue weighted by atomic mass is 9.96. The zero-order chi connectivity index (χ0) is 33.4. The van der Waals surface area contributed by atoms with Gasteiger partial charge in [0.25, 0.3) is 0 Å². The molecule has 0 fully saturated rings. The maximum Gasteiger partial charge on any atom is 0.361 e. The molecule has 1 aliphatic rings. The van der Waals surface area contributed by atoms with Gasteiger partial charge in [-0.15, -0.1) is 0 Å². The standard InChI is InChI=1S/C44H35O4/c1-27-5-13-33(14-6-27)39-23-31(24-40(47-39)34-15-7-28(2)8-16-34)21-37-43(45)38(44(37)46)22-32-25-41(35-17-9-29(3)10-18-35)48-42(26-32)36-19-11-30(4)12-20-36/h5-26,31H,1-4H3/q+1. The number of ether oxygens (including phenoxy) is 1. The van der Waals surface area contributed by atoms with Crippen LogP contribution in [0.3, 0.4) is 0 Å². The topological polar surface area (TPSA) is 54.7 Å². The van der Waals surface area contributed by atoms with Gasteiger partial charge in [-0.1, -0.05) is 101 Å². The molecule has 0 bridgehead atoms. The third kappa shape index (κ3) is 6.38. The van der Waals surface area contributed by atoms with E-state index in [2.05, 4.69) is 0 Å². The first kappa shape index (κ1) is 30.8. The molecule has 2 heterocycles. The molecular weight excluding hydrogens is 592 g/mol. The lowest BCUT2D eigenvalue weighted by Gasteiger charge is -2.21. The van der Waals surface area contributed by atoms with E-state index in [1.165, 1.54) is 0 Å². The Bertz CT molecular complexity index is 2240. The third-order valence-corrected chi connectivity index (χ3v) is 8.72. The van der Waals surface area contributed by atoms with Gasteiger partial charge in [0.1, 0.15) is 11.5 Å². The van der Waals surface area contributed by atoms with Gasteiger partial charge in [0.15, 0.2) is 0 Å². The van der Waals surface area contributed by atoms with E-state index in [4.69, 9.17) is 9.15 Å². The SMILES string of the molecule is Cc1ccc(C2=CC(C=c3c(=O)c(=Cc4cc(-c5ccc(C)cc5)[o+]c(-c5ccc(C)cc5)c4)c3=O)C=C(c3ccc(C)cc3)O2)cc1. The zero-order valence-corrected chi connectivity index (χ0v) is 27.4.